The van der Waals surface area contributed by atoms with Gasteiger partial charge in [-0.1, -0.05) is 29.8 Å². The maximum atomic E-state index is 11.1. The molecule has 2 aromatic carbocycles. The molecule has 0 atom stereocenters. The normalized spacial score (nSPS) is 10.3. The van der Waals surface area contributed by atoms with Crippen molar-refractivity contribution in [3.8, 4) is 11.5 Å². The first-order valence-corrected chi connectivity index (χ1v) is 7.75. The van der Waals surface area contributed by atoms with Crippen LogP contribution in [0.2, 0.25) is 5.02 Å². The molecular formula is C16H14BrClO4. The Morgan fingerprint density at radius 1 is 1.27 bits per heavy atom. The van der Waals surface area contributed by atoms with E-state index in [1.54, 1.807) is 6.07 Å². The van der Waals surface area contributed by atoms with Gasteiger partial charge in [0.05, 0.1) is 16.6 Å². The molecule has 0 aliphatic heterocycles. The maximum Gasteiger partial charge on any atom is 0.335 e. The summed E-state index contributed by atoms with van der Waals surface area (Å²) in [6.07, 6.45) is 0. The van der Waals surface area contributed by atoms with E-state index in [9.17, 15) is 4.79 Å². The van der Waals surface area contributed by atoms with Crippen LogP contribution in [0.5, 0.6) is 11.5 Å². The SMILES string of the molecule is CCOc1cc(C(=O)O)cc(Br)c1OCc1ccccc1Cl. The van der Waals surface area contributed by atoms with Gasteiger partial charge in [-0.15, -0.1) is 0 Å². The molecule has 0 fully saturated rings. The number of carboxylic acids is 1. The average molecular weight is 386 g/mol. The lowest BCUT2D eigenvalue weighted by Crippen LogP contribution is -2.04. The predicted octanol–water partition coefficient (Wildman–Crippen LogP) is 4.78. The van der Waals surface area contributed by atoms with Crippen molar-refractivity contribution >= 4 is 33.5 Å². The van der Waals surface area contributed by atoms with Gasteiger partial charge in [0, 0.05) is 10.6 Å². The highest BCUT2D eigenvalue weighted by atomic mass is 79.9. The number of aromatic carboxylic acids is 1. The van der Waals surface area contributed by atoms with E-state index in [1.165, 1.54) is 12.1 Å². The second-order valence-corrected chi connectivity index (χ2v) is 5.67. The number of carbonyl (C=O) groups is 1. The Hall–Kier alpha value is -1.72. The van der Waals surface area contributed by atoms with Gasteiger partial charge in [-0.05, 0) is 41.1 Å². The molecule has 4 nitrogen and oxygen atoms in total. The van der Waals surface area contributed by atoms with E-state index in [0.717, 1.165) is 5.56 Å². The summed E-state index contributed by atoms with van der Waals surface area (Å²) in [6, 6.07) is 10.3. The Bertz CT molecular complexity index is 688. The summed E-state index contributed by atoms with van der Waals surface area (Å²) in [5, 5.41) is 9.71. The molecule has 0 aliphatic rings. The fourth-order valence-corrected chi connectivity index (χ4v) is 2.61. The molecule has 2 aromatic rings. The van der Waals surface area contributed by atoms with E-state index >= 15 is 0 Å². The lowest BCUT2D eigenvalue weighted by Gasteiger charge is -2.15. The van der Waals surface area contributed by atoms with E-state index in [1.807, 2.05) is 25.1 Å². The van der Waals surface area contributed by atoms with Crippen molar-refractivity contribution in [1.29, 1.82) is 0 Å². The minimum atomic E-state index is -1.03. The molecular weight excluding hydrogens is 372 g/mol. The predicted molar refractivity (Wildman–Crippen MR) is 88.1 cm³/mol. The van der Waals surface area contributed by atoms with Gasteiger partial charge in [0.15, 0.2) is 11.5 Å². The molecule has 0 saturated heterocycles. The van der Waals surface area contributed by atoms with Gasteiger partial charge in [-0.2, -0.15) is 0 Å². The molecule has 22 heavy (non-hydrogen) atoms. The van der Waals surface area contributed by atoms with E-state index < -0.39 is 5.97 Å². The Kier molecular flexibility index (Phi) is 5.69. The van der Waals surface area contributed by atoms with Gasteiger partial charge < -0.3 is 14.6 Å². The third-order valence-electron chi connectivity index (χ3n) is 2.89. The van der Waals surface area contributed by atoms with E-state index in [2.05, 4.69) is 15.9 Å². The lowest BCUT2D eigenvalue weighted by atomic mass is 10.2. The Labute approximate surface area is 141 Å². The number of rotatable bonds is 6. The Balaban J connectivity index is 2.29. The van der Waals surface area contributed by atoms with Crippen LogP contribution < -0.4 is 9.47 Å². The van der Waals surface area contributed by atoms with Gasteiger partial charge in [0.1, 0.15) is 6.61 Å². The minimum Gasteiger partial charge on any atom is -0.490 e. The van der Waals surface area contributed by atoms with Crippen LogP contribution in [0.25, 0.3) is 0 Å². The summed E-state index contributed by atoms with van der Waals surface area (Å²) in [7, 11) is 0. The first kappa shape index (κ1) is 16.6. The summed E-state index contributed by atoms with van der Waals surface area (Å²) in [4.78, 5) is 11.1. The number of hydrogen-bond donors (Lipinski definition) is 1. The molecule has 0 aromatic heterocycles. The van der Waals surface area contributed by atoms with Crippen LogP contribution in [-0.2, 0) is 6.61 Å². The topological polar surface area (TPSA) is 55.8 Å². The van der Waals surface area contributed by atoms with Crippen LogP contribution in [0.1, 0.15) is 22.8 Å². The highest BCUT2D eigenvalue weighted by molar-refractivity contribution is 9.10. The zero-order chi connectivity index (χ0) is 16.1. The lowest BCUT2D eigenvalue weighted by molar-refractivity contribution is 0.0696. The third kappa shape index (κ3) is 3.93. The van der Waals surface area contributed by atoms with Crippen molar-refractivity contribution in [2.45, 2.75) is 13.5 Å². The zero-order valence-electron chi connectivity index (χ0n) is 11.8. The molecule has 0 bridgehead atoms. The molecule has 2 rings (SSSR count). The molecule has 0 radical (unpaired) electrons. The molecule has 0 aliphatic carbocycles. The number of ether oxygens (including phenoxy) is 2. The second-order valence-electron chi connectivity index (χ2n) is 4.40. The number of hydrogen-bond acceptors (Lipinski definition) is 3. The quantitative estimate of drug-likeness (QED) is 0.777. The molecule has 1 N–H and O–H groups in total. The highest BCUT2D eigenvalue weighted by Crippen LogP contribution is 2.37. The number of halogens is 2. The smallest absolute Gasteiger partial charge is 0.335 e. The highest BCUT2D eigenvalue weighted by Gasteiger charge is 2.16. The van der Waals surface area contributed by atoms with Gasteiger partial charge >= 0.3 is 5.97 Å². The zero-order valence-corrected chi connectivity index (χ0v) is 14.1. The Morgan fingerprint density at radius 2 is 2.00 bits per heavy atom. The van der Waals surface area contributed by atoms with Gasteiger partial charge in [0.25, 0.3) is 0 Å². The van der Waals surface area contributed by atoms with Crippen LogP contribution in [0.3, 0.4) is 0 Å². The van der Waals surface area contributed by atoms with Crippen molar-refractivity contribution in [1.82, 2.24) is 0 Å². The van der Waals surface area contributed by atoms with Gasteiger partial charge in [0.2, 0.25) is 0 Å². The third-order valence-corrected chi connectivity index (χ3v) is 3.84. The fourth-order valence-electron chi connectivity index (χ4n) is 1.86. The maximum absolute atomic E-state index is 11.1. The number of benzene rings is 2. The first-order valence-electron chi connectivity index (χ1n) is 6.58. The summed E-state index contributed by atoms with van der Waals surface area (Å²) in [6.45, 7) is 2.47. The van der Waals surface area contributed by atoms with Crippen LogP contribution >= 0.6 is 27.5 Å². The van der Waals surface area contributed by atoms with E-state index in [0.29, 0.717) is 27.6 Å². The van der Waals surface area contributed by atoms with Crippen molar-refractivity contribution in [3.05, 3.63) is 57.0 Å². The van der Waals surface area contributed by atoms with Crippen molar-refractivity contribution in [3.63, 3.8) is 0 Å². The summed E-state index contributed by atoms with van der Waals surface area (Å²) < 4.78 is 11.8. The molecule has 0 saturated carbocycles. The Morgan fingerprint density at radius 3 is 2.64 bits per heavy atom. The van der Waals surface area contributed by atoms with Crippen molar-refractivity contribution < 1.29 is 19.4 Å². The molecule has 0 spiro atoms. The van der Waals surface area contributed by atoms with Crippen molar-refractivity contribution in [2.75, 3.05) is 6.61 Å². The van der Waals surface area contributed by atoms with Crippen LogP contribution in [0, 0.1) is 0 Å². The minimum absolute atomic E-state index is 0.125. The number of carboxylic acid groups (broad SMARTS) is 1. The van der Waals surface area contributed by atoms with Crippen LogP contribution in [0.15, 0.2) is 40.9 Å². The monoisotopic (exact) mass is 384 g/mol. The molecule has 0 heterocycles. The van der Waals surface area contributed by atoms with Crippen molar-refractivity contribution in [2.24, 2.45) is 0 Å². The summed E-state index contributed by atoms with van der Waals surface area (Å²) in [5.74, 6) is -0.201. The molecule has 0 amide bonds. The molecule has 0 unspecified atom stereocenters. The summed E-state index contributed by atoms with van der Waals surface area (Å²) >= 11 is 9.42. The fraction of sp³-hybridized carbons (Fsp3) is 0.188. The molecule has 116 valence electrons. The first-order chi connectivity index (χ1) is 10.5. The summed E-state index contributed by atoms with van der Waals surface area (Å²) in [5.41, 5.74) is 0.959. The van der Waals surface area contributed by atoms with Gasteiger partial charge in [-0.25, -0.2) is 4.79 Å². The van der Waals surface area contributed by atoms with E-state index in [4.69, 9.17) is 26.2 Å². The average Bonchev–Trinajstić information content (AvgIpc) is 2.48. The van der Waals surface area contributed by atoms with Crippen LogP contribution in [-0.4, -0.2) is 17.7 Å². The largest absolute Gasteiger partial charge is 0.490 e. The van der Waals surface area contributed by atoms with E-state index in [-0.39, 0.29) is 12.2 Å². The second kappa shape index (κ2) is 7.51. The van der Waals surface area contributed by atoms with Crippen LogP contribution in [0.4, 0.5) is 0 Å². The standard InChI is InChI=1S/C16H14BrClO4/c1-2-21-14-8-11(16(19)20)7-12(17)15(14)22-9-10-5-3-4-6-13(10)18/h3-8H,2,9H2,1H3,(H,19,20). The van der Waals surface area contributed by atoms with Gasteiger partial charge in [-0.3, -0.25) is 0 Å². The molecule has 6 heteroatoms.